The number of carbonyl (C=O) groups is 2. The molecule has 8 heteroatoms. The summed E-state index contributed by atoms with van der Waals surface area (Å²) in [7, 11) is 0. The number of fused-ring (bicyclic) bond motifs is 2. The fourth-order valence-corrected chi connectivity index (χ4v) is 6.43. The Kier molecular flexibility index (Phi) is 8.44. The summed E-state index contributed by atoms with van der Waals surface area (Å²) in [5, 5.41) is 6.36. The van der Waals surface area contributed by atoms with Crippen molar-refractivity contribution in [1.29, 1.82) is 0 Å². The van der Waals surface area contributed by atoms with Crippen molar-refractivity contribution < 1.29 is 28.5 Å². The van der Waals surface area contributed by atoms with E-state index in [2.05, 4.69) is 10.6 Å². The smallest absolute Gasteiger partial charge is 0.244 e. The maximum absolute atomic E-state index is 12.5. The Labute approximate surface area is 241 Å². The molecule has 8 nitrogen and oxygen atoms in total. The number of hydrogen-bond acceptors (Lipinski definition) is 6. The number of ether oxygens (including phenoxy) is 4. The fourth-order valence-electron chi connectivity index (χ4n) is 6.43. The summed E-state index contributed by atoms with van der Waals surface area (Å²) in [5.41, 5.74) is 1.83. The summed E-state index contributed by atoms with van der Waals surface area (Å²) in [6.45, 7) is 0.488. The second-order valence-electron chi connectivity index (χ2n) is 11.6. The Morgan fingerprint density at radius 1 is 0.610 bits per heavy atom. The van der Waals surface area contributed by atoms with Gasteiger partial charge in [-0.1, -0.05) is 12.1 Å². The molecule has 2 saturated carbocycles. The largest absolute Gasteiger partial charge is 0.454 e. The van der Waals surface area contributed by atoms with Crippen LogP contribution in [0.4, 0.5) is 0 Å². The van der Waals surface area contributed by atoms with Crippen molar-refractivity contribution in [2.24, 2.45) is 11.8 Å². The lowest BCUT2D eigenvalue weighted by Gasteiger charge is -2.34. The molecule has 216 valence electrons. The van der Waals surface area contributed by atoms with Crippen LogP contribution in [0.5, 0.6) is 23.0 Å². The highest BCUT2D eigenvalue weighted by molar-refractivity contribution is 5.92. The first-order valence-corrected chi connectivity index (χ1v) is 14.8. The van der Waals surface area contributed by atoms with Crippen molar-refractivity contribution in [2.45, 2.75) is 69.9 Å². The van der Waals surface area contributed by atoms with Crippen LogP contribution >= 0.6 is 0 Å². The quantitative estimate of drug-likeness (QED) is 0.409. The zero-order valence-corrected chi connectivity index (χ0v) is 23.3. The Morgan fingerprint density at radius 2 is 1.02 bits per heavy atom. The van der Waals surface area contributed by atoms with Crippen LogP contribution in [0.1, 0.15) is 68.9 Å². The first kappa shape index (κ1) is 27.2. The lowest BCUT2D eigenvalue weighted by atomic mass is 9.75. The Bertz CT molecular complexity index is 1210. The molecule has 2 aromatic carbocycles. The highest BCUT2D eigenvalue weighted by Gasteiger charge is 2.27. The number of benzene rings is 2. The van der Waals surface area contributed by atoms with E-state index >= 15 is 0 Å². The minimum Gasteiger partial charge on any atom is -0.454 e. The highest BCUT2D eigenvalue weighted by atomic mass is 16.7. The summed E-state index contributed by atoms with van der Waals surface area (Å²) in [6, 6.07) is 11.8. The van der Waals surface area contributed by atoms with Gasteiger partial charge in [-0.25, -0.2) is 0 Å². The molecule has 0 unspecified atom stereocenters. The van der Waals surface area contributed by atoms with Gasteiger partial charge in [-0.15, -0.1) is 0 Å². The monoisotopic (exact) mass is 558 g/mol. The third-order valence-electron chi connectivity index (χ3n) is 8.70. The Hall–Kier alpha value is -3.94. The molecule has 0 bridgehead atoms. The van der Waals surface area contributed by atoms with Gasteiger partial charge in [0.05, 0.1) is 0 Å². The third kappa shape index (κ3) is 7.23. The Morgan fingerprint density at radius 3 is 1.46 bits per heavy atom. The Balaban J connectivity index is 0.865. The molecule has 6 rings (SSSR count). The van der Waals surface area contributed by atoms with Crippen LogP contribution in [0.2, 0.25) is 0 Å². The molecule has 0 atom stereocenters. The van der Waals surface area contributed by atoms with Gasteiger partial charge in [0.2, 0.25) is 25.4 Å². The molecular formula is C33H38N2O6. The molecule has 2 aliphatic carbocycles. The van der Waals surface area contributed by atoms with E-state index < -0.39 is 0 Å². The minimum absolute atomic E-state index is 0.0442. The van der Waals surface area contributed by atoms with Crippen LogP contribution in [0.3, 0.4) is 0 Å². The van der Waals surface area contributed by atoms with E-state index in [1.165, 1.54) is 6.42 Å². The predicted molar refractivity (Wildman–Crippen MR) is 156 cm³/mol. The van der Waals surface area contributed by atoms with Crippen molar-refractivity contribution in [3.63, 3.8) is 0 Å². The predicted octanol–water partition coefficient (Wildman–Crippen LogP) is 5.61. The summed E-state index contributed by atoms with van der Waals surface area (Å²) in [5.74, 6) is 4.29. The highest BCUT2D eigenvalue weighted by Crippen LogP contribution is 2.36. The minimum atomic E-state index is -0.0442. The van der Waals surface area contributed by atoms with E-state index in [-0.39, 0.29) is 37.5 Å². The van der Waals surface area contributed by atoms with E-state index in [1.54, 1.807) is 12.2 Å². The molecular weight excluding hydrogens is 520 g/mol. The summed E-state index contributed by atoms with van der Waals surface area (Å²) in [6.07, 6.45) is 16.9. The molecule has 4 aliphatic rings. The average Bonchev–Trinajstić information content (AvgIpc) is 3.66. The van der Waals surface area contributed by atoms with Crippen molar-refractivity contribution in [1.82, 2.24) is 10.6 Å². The number of carbonyl (C=O) groups excluding carboxylic acids is 2. The maximum Gasteiger partial charge on any atom is 0.244 e. The molecule has 0 aromatic heterocycles. The van der Waals surface area contributed by atoms with Crippen molar-refractivity contribution in [2.75, 3.05) is 13.6 Å². The van der Waals surface area contributed by atoms with Gasteiger partial charge in [-0.2, -0.15) is 0 Å². The van der Waals surface area contributed by atoms with Crippen LogP contribution < -0.4 is 29.6 Å². The molecule has 2 aliphatic heterocycles. The van der Waals surface area contributed by atoms with Crippen LogP contribution in [0, 0.1) is 11.8 Å². The van der Waals surface area contributed by atoms with E-state index in [0.717, 1.165) is 97.3 Å². The molecule has 2 amide bonds. The molecule has 41 heavy (non-hydrogen) atoms. The maximum atomic E-state index is 12.5. The van der Waals surface area contributed by atoms with Gasteiger partial charge >= 0.3 is 0 Å². The van der Waals surface area contributed by atoms with Gasteiger partial charge in [0, 0.05) is 24.2 Å². The normalized spacial score (nSPS) is 25.0. The van der Waals surface area contributed by atoms with Crippen LogP contribution in [-0.2, 0) is 9.59 Å². The lowest BCUT2D eigenvalue weighted by molar-refractivity contribution is -0.118. The zero-order chi connectivity index (χ0) is 28.0. The second kappa shape index (κ2) is 12.7. The molecule has 2 fully saturated rings. The molecule has 0 saturated heterocycles. The molecule has 2 aromatic rings. The summed E-state index contributed by atoms with van der Waals surface area (Å²) in [4.78, 5) is 25.0. The van der Waals surface area contributed by atoms with Crippen LogP contribution in [-0.4, -0.2) is 37.5 Å². The number of nitrogens with one attached hydrogen (secondary N) is 2. The van der Waals surface area contributed by atoms with Crippen molar-refractivity contribution in [3.8, 4) is 23.0 Å². The third-order valence-corrected chi connectivity index (χ3v) is 8.70. The molecule has 0 spiro atoms. The van der Waals surface area contributed by atoms with E-state index in [0.29, 0.717) is 0 Å². The van der Waals surface area contributed by atoms with Gasteiger partial charge in [-0.05, 0) is 117 Å². The van der Waals surface area contributed by atoms with Crippen LogP contribution in [0.25, 0.3) is 12.2 Å². The van der Waals surface area contributed by atoms with Crippen LogP contribution in [0.15, 0.2) is 48.6 Å². The van der Waals surface area contributed by atoms with Gasteiger partial charge in [0.1, 0.15) is 0 Å². The van der Waals surface area contributed by atoms with Crippen molar-refractivity contribution >= 4 is 24.0 Å². The molecule has 2 N–H and O–H groups in total. The van der Waals surface area contributed by atoms with Gasteiger partial charge < -0.3 is 29.6 Å². The molecule has 2 heterocycles. The lowest BCUT2D eigenvalue weighted by Crippen LogP contribution is -2.38. The SMILES string of the molecule is O=C(C=Cc1ccc2c(c1)OCO2)NC1CCC(CC2CCC(NC(=O)C=Cc3ccc4c(c3)OCO4)CC2)CC1. The molecule has 0 radical (unpaired) electrons. The fraction of sp³-hybridized carbons (Fsp3) is 0.455. The standard InChI is InChI=1S/C33H38N2O6/c36-32(15-7-24-5-13-28-30(18-24)40-20-38-28)34-26-9-1-22(2-10-26)17-23-3-11-27(12-4-23)35-33(37)16-8-25-6-14-29-31(19-25)41-21-39-29/h5-8,13-16,18-19,22-23,26-27H,1-4,9-12,17,20-21H2,(H,34,36)(H,35,37). The first-order chi connectivity index (χ1) is 20.1. The number of rotatable bonds is 8. The summed E-state index contributed by atoms with van der Waals surface area (Å²) >= 11 is 0. The van der Waals surface area contributed by atoms with Crippen molar-refractivity contribution in [3.05, 3.63) is 59.7 Å². The van der Waals surface area contributed by atoms with E-state index in [4.69, 9.17) is 18.9 Å². The number of amides is 2. The topological polar surface area (TPSA) is 95.1 Å². The average molecular weight is 559 g/mol. The summed E-state index contributed by atoms with van der Waals surface area (Å²) < 4.78 is 21.5. The number of hydrogen-bond donors (Lipinski definition) is 2. The van der Waals surface area contributed by atoms with E-state index in [9.17, 15) is 9.59 Å². The zero-order valence-electron chi connectivity index (χ0n) is 23.3. The van der Waals surface area contributed by atoms with E-state index in [1.807, 2.05) is 48.6 Å². The van der Waals surface area contributed by atoms with Gasteiger partial charge in [0.15, 0.2) is 23.0 Å². The van der Waals surface area contributed by atoms with Gasteiger partial charge in [0.25, 0.3) is 0 Å². The second-order valence-corrected chi connectivity index (χ2v) is 11.6. The van der Waals surface area contributed by atoms with Gasteiger partial charge in [-0.3, -0.25) is 9.59 Å². The first-order valence-electron chi connectivity index (χ1n) is 14.8.